The van der Waals surface area contributed by atoms with Crippen molar-refractivity contribution >= 4 is 0 Å². The van der Waals surface area contributed by atoms with Crippen LogP contribution in [0.4, 0.5) is 0 Å². The summed E-state index contributed by atoms with van der Waals surface area (Å²) >= 11 is 0. The number of hydrogen-bond donors (Lipinski definition) is 0. The van der Waals surface area contributed by atoms with Crippen molar-refractivity contribution in [3.05, 3.63) is 47.1 Å². The van der Waals surface area contributed by atoms with E-state index >= 15 is 0 Å². The van der Waals surface area contributed by atoms with E-state index in [0.717, 1.165) is 19.5 Å². The second kappa shape index (κ2) is 9.77. The highest BCUT2D eigenvalue weighted by Crippen LogP contribution is 2.37. The van der Waals surface area contributed by atoms with Crippen LogP contribution in [0.15, 0.2) is 47.1 Å². The van der Waals surface area contributed by atoms with Crippen molar-refractivity contribution in [3.63, 3.8) is 0 Å². The van der Waals surface area contributed by atoms with Gasteiger partial charge >= 0.3 is 0 Å². The molecule has 2 aliphatic rings. The van der Waals surface area contributed by atoms with E-state index in [2.05, 4.69) is 44.5 Å². The standard InChI is InChI=1S/C15H21N.2C2H6/c1-5-12-7-11(3)8-14-10-16(4)9-13(6-2)15(12)14;2*1-2/h5-6,8,11H,1,7,9-10H2,2-4H3;2*1-2H3/b13-6-;;. The number of likely N-dealkylation sites (N-methyl/N-ethyl adjacent to an activating group) is 1. The third kappa shape index (κ3) is 4.49. The highest BCUT2D eigenvalue weighted by Gasteiger charge is 2.26. The van der Waals surface area contributed by atoms with E-state index in [1.165, 1.54) is 22.3 Å². The zero-order chi connectivity index (χ0) is 15.7. The summed E-state index contributed by atoms with van der Waals surface area (Å²) in [4.78, 5) is 2.38. The van der Waals surface area contributed by atoms with Gasteiger partial charge in [-0.05, 0) is 48.6 Å². The van der Waals surface area contributed by atoms with Gasteiger partial charge in [0.25, 0.3) is 0 Å². The molecule has 1 unspecified atom stereocenters. The second-order valence-corrected chi connectivity index (χ2v) is 4.96. The molecule has 0 saturated carbocycles. The Morgan fingerprint density at radius 3 is 2.30 bits per heavy atom. The van der Waals surface area contributed by atoms with Crippen molar-refractivity contribution in [1.82, 2.24) is 4.90 Å². The molecular formula is C19H33N. The van der Waals surface area contributed by atoms with Gasteiger partial charge in [0.05, 0.1) is 0 Å². The number of piperidine rings is 1. The summed E-state index contributed by atoms with van der Waals surface area (Å²) in [6.07, 6.45) is 7.87. The van der Waals surface area contributed by atoms with Gasteiger partial charge in [-0.25, -0.2) is 0 Å². The molecule has 1 nitrogen and oxygen atoms in total. The van der Waals surface area contributed by atoms with Gasteiger partial charge in [0.2, 0.25) is 0 Å². The third-order valence-corrected chi connectivity index (χ3v) is 3.47. The molecule has 0 bridgehead atoms. The Labute approximate surface area is 126 Å². The normalized spacial score (nSPS) is 23.9. The molecule has 1 atom stereocenters. The monoisotopic (exact) mass is 275 g/mol. The molecule has 0 radical (unpaired) electrons. The molecule has 20 heavy (non-hydrogen) atoms. The van der Waals surface area contributed by atoms with Crippen molar-refractivity contribution in [2.24, 2.45) is 5.92 Å². The minimum absolute atomic E-state index is 0.649. The molecule has 0 aromatic heterocycles. The Hall–Kier alpha value is -1.08. The van der Waals surface area contributed by atoms with Crippen LogP contribution in [0.5, 0.6) is 0 Å². The van der Waals surface area contributed by atoms with E-state index in [1.807, 2.05) is 33.8 Å². The summed E-state index contributed by atoms with van der Waals surface area (Å²) in [6.45, 7) is 18.5. The van der Waals surface area contributed by atoms with Gasteiger partial charge in [-0.1, -0.05) is 59.4 Å². The maximum Gasteiger partial charge on any atom is 0.0237 e. The fraction of sp³-hybridized carbons (Fsp3) is 0.579. The van der Waals surface area contributed by atoms with Crippen molar-refractivity contribution < 1.29 is 0 Å². The molecule has 1 fully saturated rings. The number of nitrogens with zero attached hydrogens (tertiary/aromatic N) is 1. The van der Waals surface area contributed by atoms with Crippen molar-refractivity contribution in [1.29, 1.82) is 0 Å². The lowest BCUT2D eigenvalue weighted by Crippen LogP contribution is -2.32. The SMILES string of the molecule is C=CC1=C2C(=CC(C)C1)CN(C)C/C2=C/C.CC.CC. The summed E-state index contributed by atoms with van der Waals surface area (Å²) in [6, 6.07) is 0. The number of hydrogen-bond acceptors (Lipinski definition) is 1. The van der Waals surface area contributed by atoms with E-state index in [-0.39, 0.29) is 0 Å². The number of likely N-dealkylation sites (tertiary alicyclic amines) is 1. The van der Waals surface area contributed by atoms with Crippen LogP contribution in [0.25, 0.3) is 0 Å². The summed E-state index contributed by atoms with van der Waals surface area (Å²) < 4.78 is 0. The summed E-state index contributed by atoms with van der Waals surface area (Å²) in [7, 11) is 2.19. The lowest BCUT2D eigenvalue weighted by Gasteiger charge is -2.34. The Morgan fingerprint density at radius 1 is 1.20 bits per heavy atom. The molecule has 0 spiro atoms. The molecule has 0 amide bonds. The van der Waals surface area contributed by atoms with E-state index in [9.17, 15) is 0 Å². The average molecular weight is 275 g/mol. The molecule has 1 saturated heterocycles. The van der Waals surface area contributed by atoms with Crippen LogP contribution in [0.2, 0.25) is 0 Å². The van der Waals surface area contributed by atoms with E-state index in [4.69, 9.17) is 0 Å². The predicted octanol–water partition coefficient (Wildman–Crippen LogP) is 5.38. The minimum Gasteiger partial charge on any atom is -0.298 e. The third-order valence-electron chi connectivity index (χ3n) is 3.47. The fourth-order valence-corrected chi connectivity index (χ4v) is 2.82. The van der Waals surface area contributed by atoms with Crippen molar-refractivity contribution in [3.8, 4) is 0 Å². The number of rotatable bonds is 1. The van der Waals surface area contributed by atoms with E-state index < -0.39 is 0 Å². The summed E-state index contributed by atoms with van der Waals surface area (Å²) in [5.74, 6) is 0.649. The van der Waals surface area contributed by atoms with Crippen LogP contribution in [-0.4, -0.2) is 25.0 Å². The lowest BCUT2D eigenvalue weighted by atomic mass is 9.79. The first-order chi connectivity index (χ1) is 9.65. The van der Waals surface area contributed by atoms with Gasteiger partial charge in [0.1, 0.15) is 0 Å². The predicted molar refractivity (Wildman–Crippen MR) is 93.0 cm³/mol. The molecule has 1 aliphatic carbocycles. The second-order valence-electron chi connectivity index (χ2n) is 4.96. The minimum atomic E-state index is 0.649. The van der Waals surface area contributed by atoms with Crippen LogP contribution >= 0.6 is 0 Å². The van der Waals surface area contributed by atoms with Gasteiger partial charge in [-0.15, -0.1) is 0 Å². The Bertz CT molecular complexity index is 396. The molecular weight excluding hydrogens is 242 g/mol. The highest BCUT2D eigenvalue weighted by molar-refractivity contribution is 5.57. The maximum absolute atomic E-state index is 3.97. The van der Waals surface area contributed by atoms with Crippen LogP contribution < -0.4 is 0 Å². The Balaban J connectivity index is 0.000000829. The largest absolute Gasteiger partial charge is 0.298 e. The first-order valence-corrected chi connectivity index (χ1v) is 8.06. The zero-order valence-electron chi connectivity index (χ0n) is 14.6. The maximum atomic E-state index is 3.97. The molecule has 1 heterocycles. The molecule has 0 aromatic rings. The van der Waals surface area contributed by atoms with Gasteiger partial charge in [-0.3, -0.25) is 4.90 Å². The fourth-order valence-electron chi connectivity index (χ4n) is 2.82. The van der Waals surface area contributed by atoms with Gasteiger partial charge < -0.3 is 0 Å². The van der Waals surface area contributed by atoms with Crippen LogP contribution in [0.3, 0.4) is 0 Å². The molecule has 114 valence electrons. The summed E-state index contributed by atoms with van der Waals surface area (Å²) in [5.41, 5.74) is 5.87. The van der Waals surface area contributed by atoms with Crippen LogP contribution in [0, 0.1) is 5.92 Å². The van der Waals surface area contributed by atoms with Crippen LogP contribution in [0.1, 0.15) is 48.0 Å². The summed E-state index contributed by atoms with van der Waals surface area (Å²) in [5, 5.41) is 0. The Kier molecular flexibility index (Phi) is 9.24. The molecule has 0 N–H and O–H groups in total. The van der Waals surface area contributed by atoms with Crippen molar-refractivity contribution in [2.75, 3.05) is 20.1 Å². The molecule has 2 rings (SSSR count). The van der Waals surface area contributed by atoms with Gasteiger partial charge in [-0.2, -0.15) is 0 Å². The topological polar surface area (TPSA) is 3.24 Å². The van der Waals surface area contributed by atoms with Gasteiger partial charge in [0, 0.05) is 13.1 Å². The highest BCUT2D eigenvalue weighted by atomic mass is 15.1. The number of allylic oxidation sites excluding steroid dienone is 4. The Morgan fingerprint density at radius 2 is 1.80 bits per heavy atom. The van der Waals surface area contributed by atoms with Crippen LogP contribution in [-0.2, 0) is 0 Å². The van der Waals surface area contributed by atoms with E-state index in [0.29, 0.717) is 5.92 Å². The molecule has 1 heteroatoms. The first kappa shape index (κ1) is 18.9. The molecule has 1 aliphatic heterocycles. The van der Waals surface area contributed by atoms with Crippen molar-refractivity contribution in [2.45, 2.75) is 48.0 Å². The van der Waals surface area contributed by atoms with Gasteiger partial charge in [0.15, 0.2) is 0 Å². The zero-order valence-corrected chi connectivity index (χ0v) is 14.6. The number of fused-ring (bicyclic) bond motifs is 1. The molecule has 0 aromatic carbocycles. The first-order valence-electron chi connectivity index (χ1n) is 8.06. The average Bonchev–Trinajstić information content (AvgIpc) is 2.49. The smallest absolute Gasteiger partial charge is 0.0237 e. The van der Waals surface area contributed by atoms with E-state index in [1.54, 1.807) is 0 Å². The quantitative estimate of drug-likeness (QED) is 0.621. The lowest BCUT2D eigenvalue weighted by molar-refractivity contribution is 0.378.